The van der Waals surface area contributed by atoms with Crippen molar-refractivity contribution >= 4 is 32.4 Å². The number of fused-ring (bicyclic) bond motifs is 1. The molecule has 1 N–H and O–H groups in total. The minimum Gasteiger partial charge on any atom is -0.382 e. The fourth-order valence-electron chi connectivity index (χ4n) is 1.78. The highest BCUT2D eigenvalue weighted by Gasteiger charge is 2.02. The van der Waals surface area contributed by atoms with Crippen molar-refractivity contribution < 1.29 is 0 Å². The summed E-state index contributed by atoms with van der Waals surface area (Å²) in [4.78, 5) is 0. The largest absolute Gasteiger partial charge is 0.382 e. The van der Waals surface area contributed by atoms with Crippen molar-refractivity contribution in [1.82, 2.24) is 0 Å². The summed E-state index contributed by atoms with van der Waals surface area (Å²) in [7, 11) is 0. The molecule has 1 unspecified atom stereocenters. The second-order valence-corrected chi connectivity index (χ2v) is 5.03. The predicted octanol–water partition coefficient (Wildman–Crippen LogP) is 4.32. The second-order valence-electron chi connectivity index (χ2n) is 4.11. The van der Waals surface area contributed by atoms with Gasteiger partial charge in [0.15, 0.2) is 0 Å². The van der Waals surface area contributed by atoms with Gasteiger partial charge < -0.3 is 5.32 Å². The Morgan fingerprint density at radius 3 is 2.71 bits per heavy atom. The first-order chi connectivity index (χ1) is 8.19. The first-order valence-electron chi connectivity index (χ1n) is 5.52. The molecule has 2 aromatic carbocycles. The van der Waals surface area contributed by atoms with Crippen LogP contribution in [-0.2, 0) is 0 Å². The molecule has 0 saturated carbocycles. The average molecular weight is 289 g/mol. The SMILES string of the molecule is CC(CC#N)Nc1ccc2cc(Br)ccc2c1. The summed E-state index contributed by atoms with van der Waals surface area (Å²) in [5, 5.41) is 14.3. The van der Waals surface area contributed by atoms with Crippen molar-refractivity contribution in [2.75, 3.05) is 5.32 Å². The lowest BCUT2D eigenvalue weighted by molar-refractivity contribution is 0.821. The van der Waals surface area contributed by atoms with Gasteiger partial charge in [0.25, 0.3) is 0 Å². The third-order valence-corrected chi connectivity index (χ3v) is 3.11. The summed E-state index contributed by atoms with van der Waals surface area (Å²) >= 11 is 3.46. The lowest BCUT2D eigenvalue weighted by Gasteiger charge is -2.12. The third kappa shape index (κ3) is 2.98. The average Bonchev–Trinajstić information content (AvgIpc) is 2.29. The van der Waals surface area contributed by atoms with Crippen LogP contribution >= 0.6 is 15.9 Å². The van der Waals surface area contributed by atoms with Gasteiger partial charge in [-0.3, -0.25) is 0 Å². The van der Waals surface area contributed by atoms with Crippen LogP contribution in [-0.4, -0.2) is 6.04 Å². The molecule has 0 saturated heterocycles. The second kappa shape index (κ2) is 5.20. The number of hydrogen-bond donors (Lipinski definition) is 1. The molecule has 0 amide bonds. The van der Waals surface area contributed by atoms with E-state index in [9.17, 15) is 0 Å². The highest BCUT2D eigenvalue weighted by atomic mass is 79.9. The highest BCUT2D eigenvalue weighted by Crippen LogP contribution is 2.23. The Hall–Kier alpha value is -1.53. The van der Waals surface area contributed by atoms with E-state index < -0.39 is 0 Å². The molecule has 2 nitrogen and oxygen atoms in total. The number of hydrogen-bond acceptors (Lipinski definition) is 2. The molecule has 0 fully saturated rings. The zero-order valence-corrected chi connectivity index (χ0v) is 11.2. The zero-order valence-electron chi connectivity index (χ0n) is 9.57. The normalized spacial score (nSPS) is 12.1. The number of benzene rings is 2. The summed E-state index contributed by atoms with van der Waals surface area (Å²) in [6.45, 7) is 2.01. The standard InChI is InChI=1S/C14H13BrN2/c1-10(6-7-16)17-14-5-3-11-8-13(15)4-2-12(11)9-14/h2-5,8-10,17H,6H2,1H3. The van der Waals surface area contributed by atoms with E-state index in [1.54, 1.807) is 0 Å². The van der Waals surface area contributed by atoms with Gasteiger partial charge in [-0.2, -0.15) is 5.26 Å². The molecule has 0 aliphatic heterocycles. The van der Waals surface area contributed by atoms with E-state index in [0.717, 1.165) is 10.2 Å². The van der Waals surface area contributed by atoms with Crippen molar-refractivity contribution in [3.63, 3.8) is 0 Å². The number of nitrogens with one attached hydrogen (secondary N) is 1. The summed E-state index contributed by atoms with van der Waals surface area (Å²) < 4.78 is 1.09. The number of nitriles is 1. The number of nitrogens with zero attached hydrogens (tertiary/aromatic N) is 1. The van der Waals surface area contributed by atoms with E-state index in [2.05, 4.69) is 51.6 Å². The van der Waals surface area contributed by atoms with Gasteiger partial charge in [0, 0.05) is 16.2 Å². The van der Waals surface area contributed by atoms with E-state index >= 15 is 0 Å². The summed E-state index contributed by atoms with van der Waals surface area (Å²) in [6, 6.07) is 14.8. The van der Waals surface area contributed by atoms with Crippen LogP contribution in [0.2, 0.25) is 0 Å². The lowest BCUT2D eigenvalue weighted by Crippen LogP contribution is -2.13. The molecule has 86 valence electrons. The fourth-order valence-corrected chi connectivity index (χ4v) is 2.16. The zero-order chi connectivity index (χ0) is 12.3. The van der Waals surface area contributed by atoms with E-state index in [1.165, 1.54) is 10.8 Å². The Bertz CT molecular complexity index is 572. The van der Waals surface area contributed by atoms with Gasteiger partial charge in [-0.1, -0.05) is 28.1 Å². The molecule has 2 rings (SSSR count). The quantitative estimate of drug-likeness (QED) is 0.913. The minimum absolute atomic E-state index is 0.174. The van der Waals surface area contributed by atoms with E-state index in [-0.39, 0.29) is 6.04 Å². The maximum atomic E-state index is 8.62. The Morgan fingerprint density at radius 2 is 1.94 bits per heavy atom. The molecule has 3 heteroatoms. The summed E-state index contributed by atoms with van der Waals surface area (Å²) in [5.74, 6) is 0. The first-order valence-corrected chi connectivity index (χ1v) is 6.31. The predicted molar refractivity (Wildman–Crippen MR) is 75.0 cm³/mol. The highest BCUT2D eigenvalue weighted by molar-refractivity contribution is 9.10. The number of anilines is 1. The Kier molecular flexibility index (Phi) is 3.65. The fraction of sp³-hybridized carbons (Fsp3) is 0.214. The number of halogens is 1. The van der Waals surface area contributed by atoms with Crippen LogP contribution in [0.3, 0.4) is 0 Å². The van der Waals surface area contributed by atoms with E-state index in [0.29, 0.717) is 6.42 Å². The van der Waals surface area contributed by atoms with Crippen molar-refractivity contribution in [3.05, 3.63) is 40.9 Å². The Balaban J connectivity index is 2.26. The van der Waals surface area contributed by atoms with Crippen LogP contribution in [0.15, 0.2) is 40.9 Å². The van der Waals surface area contributed by atoms with Gasteiger partial charge in [0.2, 0.25) is 0 Å². The maximum absolute atomic E-state index is 8.62. The van der Waals surface area contributed by atoms with Crippen LogP contribution in [0.1, 0.15) is 13.3 Å². The summed E-state index contributed by atoms with van der Waals surface area (Å²) in [6.07, 6.45) is 0.512. The van der Waals surface area contributed by atoms with E-state index in [4.69, 9.17) is 5.26 Å². The molecular formula is C14H13BrN2. The molecule has 0 aliphatic carbocycles. The van der Waals surface area contributed by atoms with Gasteiger partial charge in [0.1, 0.15) is 0 Å². The van der Waals surface area contributed by atoms with Crippen LogP contribution in [0.25, 0.3) is 10.8 Å². The van der Waals surface area contributed by atoms with Crippen molar-refractivity contribution in [3.8, 4) is 6.07 Å². The van der Waals surface area contributed by atoms with Crippen molar-refractivity contribution in [1.29, 1.82) is 5.26 Å². The summed E-state index contributed by atoms with van der Waals surface area (Å²) in [5.41, 5.74) is 1.06. The molecule has 0 aromatic heterocycles. The smallest absolute Gasteiger partial charge is 0.0643 e. The lowest BCUT2D eigenvalue weighted by atomic mass is 10.1. The molecule has 0 radical (unpaired) electrons. The molecule has 2 aromatic rings. The van der Waals surface area contributed by atoms with Crippen LogP contribution in [0.5, 0.6) is 0 Å². The van der Waals surface area contributed by atoms with Gasteiger partial charge in [-0.05, 0) is 42.0 Å². The van der Waals surface area contributed by atoms with Crippen LogP contribution < -0.4 is 5.32 Å². The van der Waals surface area contributed by atoms with Gasteiger partial charge in [-0.15, -0.1) is 0 Å². The minimum atomic E-state index is 0.174. The van der Waals surface area contributed by atoms with Gasteiger partial charge in [0.05, 0.1) is 12.5 Å². The molecule has 0 heterocycles. The van der Waals surface area contributed by atoms with E-state index in [1.807, 2.05) is 19.1 Å². The number of rotatable bonds is 3. The Morgan fingerprint density at radius 1 is 1.24 bits per heavy atom. The van der Waals surface area contributed by atoms with Crippen LogP contribution in [0, 0.1) is 11.3 Å². The first kappa shape index (κ1) is 11.9. The Labute approximate surface area is 109 Å². The molecule has 0 aliphatic rings. The van der Waals surface area contributed by atoms with Gasteiger partial charge in [-0.25, -0.2) is 0 Å². The monoisotopic (exact) mass is 288 g/mol. The topological polar surface area (TPSA) is 35.8 Å². The van der Waals surface area contributed by atoms with Crippen molar-refractivity contribution in [2.24, 2.45) is 0 Å². The van der Waals surface area contributed by atoms with Crippen LogP contribution in [0.4, 0.5) is 5.69 Å². The van der Waals surface area contributed by atoms with Crippen molar-refractivity contribution in [2.45, 2.75) is 19.4 Å². The third-order valence-electron chi connectivity index (χ3n) is 2.61. The maximum Gasteiger partial charge on any atom is 0.0643 e. The molecule has 0 spiro atoms. The molecule has 0 bridgehead atoms. The molecule has 17 heavy (non-hydrogen) atoms. The molecule has 1 atom stereocenters. The molecular weight excluding hydrogens is 276 g/mol. The van der Waals surface area contributed by atoms with Gasteiger partial charge >= 0.3 is 0 Å².